The molecule has 0 heterocycles. The lowest BCUT2D eigenvalue weighted by Crippen LogP contribution is -2.26. The Morgan fingerprint density at radius 3 is 2.40 bits per heavy atom. The van der Waals surface area contributed by atoms with Crippen LogP contribution >= 0.6 is 0 Å². The zero-order chi connectivity index (χ0) is 13.4. The summed E-state index contributed by atoms with van der Waals surface area (Å²) in [5.74, 6) is 3.01. The van der Waals surface area contributed by atoms with Crippen molar-refractivity contribution >= 4 is 0 Å². The van der Waals surface area contributed by atoms with Crippen LogP contribution in [0.4, 0.5) is 0 Å². The van der Waals surface area contributed by atoms with Gasteiger partial charge in [-0.15, -0.1) is 0 Å². The van der Waals surface area contributed by atoms with Gasteiger partial charge >= 0.3 is 0 Å². The number of fused-ring (bicyclic) bond motifs is 2. The summed E-state index contributed by atoms with van der Waals surface area (Å²) in [5, 5.41) is 0. The fourth-order valence-corrected chi connectivity index (χ4v) is 5.18. The van der Waals surface area contributed by atoms with Crippen LogP contribution in [0.5, 0.6) is 0 Å². The molecule has 0 aromatic heterocycles. The quantitative estimate of drug-likeness (QED) is 0.618. The Morgan fingerprint density at radius 1 is 0.700 bits per heavy atom. The first-order valence-electron chi connectivity index (χ1n) is 9.02. The standard InChI is InChI=1S/C20H28/c1-3-7-17-13-19(11-9-15(17)5-1)20-12-10-16-6-2-4-8-18(16)14-20/h9,11,13,16,18,20H,1-8,10,12,14H2. The van der Waals surface area contributed by atoms with Gasteiger partial charge in [-0.2, -0.15) is 0 Å². The Bertz CT molecular complexity index is 473. The van der Waals surface area contributed by atoms with Gasteiger partial charge in [0.2, 0.25) is 0 Å². The summed E-state index contributed by atoms with van der Waals surface area (Å²) in [6, 6.07) is 7.51. The average Bonchev–Trinajstić information content (AvgIpc) is 2.54. The van der Waals surface area contributed by atoms with Gasteiger partial charge < -0.3 is 0 Å². The molecule has 2 saturated carbocycles. The molecule has 1 aromatic carbocycles. The van der Waals surface area contributed by atoms with Crippen molar-refractivity contribution in [3.8, 4) is 0 Å². The van der Waals surface area contributed by atoms with Crippen molar-refractivity contribution < 1.29 is 0 Å². The molecule has 2 fully saturated rings. The predicted molar refractivity (Wildman–Crippen MR) is 85.1 cm³/mol. The van der Waals surface area contributed by atoms with Crippen LogP contribution < -0.4 is 0 Å². The second kappa shape index (κ2) is 5.54. The molecule has 0 amide bonds. The van der Waals surface area contributed by atoms with Gasteiger partial charge in [0, 0.05) is 0 Å². The maximum Gasteiger partial charge on any atom is -0.0159 e. The first kappa shape index (κ1) is 12.9. The maximum atomic E-state index is 2.59. The van der Waals surface area contributed by atoms with E-state index in [1.54, 1.807) is 16.7 Å². The van der Waals surface area contributed by atoms with Gasteiger partial charge in [0.05, 0.1) is 0 Å². The Kier molecular flexibility index (Phi) is 3.58. The van der Waals surface area contributed by atoms with Crippen molar-refractivity contribution in [1.29, 1.82) is 0 Å². The molecule has 3 aliphatic carbocycles. The summed E-state index contributed by atoms with van der Waals surface area (Å²) >= 11 is 0. The highest BCUT2D eigenvalue weighted by molar-refractivity contribution is 5.35. The van der Waals surface area contributed by atoms with E-state index in [1.807, 2.05) is 0 Å². The van der Waals surface area contributed by atoms with Crippen molar-refractivity contribution in [3.63, 3.8) is 0 Å². The second-order valence-electron chi connectivity index (χ2n) is 7.55. The van der Waals surface area contributed by atoms with Crippen LogP contribution in [0.1, 0.15) is 80.4 Å². The average molecular weight is 268 g/mol. The van der Waals surface area contributed by atoms with Gasteiger partial charge in [-0.05, 0) is 79.4 Å². The predicted octanol–water partition coefficient (Wildman–Crippen LogP) is 5.64. The molecule has 0 bridgehead atoms. The molecule has 0 saturated heterocycles. The first-order chi connectivity index (χ1) is 9.90. The van der Waals surface area contributed by atoms with Crippen molar-refractivity contribution in [2.45, 2.75) is 76.5 Å². The molecule has 3 aliphatic rings. The topological polar surface area (TPSA) is 0 Å². The molecule has 0 radical (unpaired) electrons. The highest BCUT2D eigenvalue weighted by Gasteiger charge is 2.32. The van der Waals surface area contributed by atoms with Gasteiger partial charge in [-0.25, -0.2) is 0 Å². The molecule has 108 valence electrons. The number of rotatable bonds is 1. The van der Waals surface area contributed by atoms with Crippen LogP contribution in [0.25, 0.3) is 0 Å². The van der Waals surface area contributed by atoms with Crippen LogP contribution in [0.3, 0.4) is 0 Å². The molecule has 3 unspecified atom stereocenters. The largest absolute Gasteiger partial charge is 0.0585 e. The minimum atomic E-state index is 0.876. The summed E-state index contributed by atoms with van der Waals surface area (Å²) in [6.45, 7) is 0. The SMILES string of the molecule is c1cc2c(cc1C1CCC3CCCCC3C1)CCCC2. The van der Waals surface area contributed by atoms with Crippen LogP contribution in [-0.4, -0.2) is 0 Å². The minimum absolute atomic E-state index is 0.876. The van der Waals surface area contributed by atoms with Crippen LogP contribution in [-0.2, 0) is 12.8 Å². The fraction of sp³-hybridized carbons (Fsp3) is 0.700. The van der Waals surface area contributed by atoms with E-state index in [1.165, 1.54) is 70.6 Å². The maximum absolute atomic E-state index is 2.59. The Labute approximate surface area is 124 Å². The van der Waals surface area contributed by atoms with E-state index in [0.29, 0.717) is 0 Å². The van der Waals surface area contributed by atoms with E-state index >= 15 is 0 Å². The molecule has 0 heteroatoms. The molecular weight excluding hydrogens is 240 g/mol. The van der Waals surface area contributed by atoms with E-state index in [9.17, 15) is 0 Å². The lowest BCUT2D eigenvalue weighted by molar-refractivity contribution is 0.155. The van der Waals surface area contributed by atoms with E-state index in [-0.39, 0.29) is 0 Å². The summed E-state index contributed by atoms with van der Waals surface area (Å²) < 4.78 is 0. The van der Waals surface area contributed by atoms with E-state index in [4.69, 9.17) is 0 Å². The van der Waals surface area contributed by atoms with Crippen LogP contribution in [0.15, 0.2) is 18.2 Å². The van der Waals surface area contributed by atoms with Gasteiger partial charge in [-0.1, -0.05) is 43.9 Å². The molecular formula is C20H28. The molecule has 0 spiro atoms. The Morgan fingerprint density at radius 2 is 1.50 bits per heavy atom. The lowest BCUT2D eigenvalue weighted by Gasteiger charge is -2.39. The fourth-order valence-electron chi connectivity index (χ4n) is 5.18. The molecule has 4 rings (SSSR count). The summed E-state index contributed by atoms with van der Waals surface area (Å²) in [6.07, 6.45) is 16.0. The van der Waals surface area contributed by atoms with E-state index < -0.39 is 0 Å². The minimum Gasteiger partial charge on any atom is -0.0585 e. The number of hydrogen-bond acceptors (Lipinski definition) is 0. The van der Waals surface area contributed by atoms with Crippen molar-refractivity contribution in [2.75, 3.05) is 0 Å². The zero-order valence-electron chi connectivity index (χ0n) is 12.7. The van der Waals surface area contributed by atoms with Crippen molar-refractivity contribution in [2.24, 2.45) is 11.8 Å². The van der Waals surface area contributed by atoms with Gasteiger partial charge in [-0.3, -0.25) is 0 Å². The molecule has 0 aliphatic heterocycles. The molecule has 0 N–H and O–H groups in total. The van der Waals surface area contributed by atoms with Gasteiger partial charge in [0.1, 0.15) is 0 Å². The molecule has 20 heavy (non-hydrogen) atoms. The molecule has 3 atom stereocenters. The summed E-state index contributed by atoms with van der Waals surface area (Å²) in [7, 11) is 0. The van der Waals surface area contributed by atoms with E-state index in [0.717, 1.165) is 17.8 Å². The van der Waals surface area contributed by atoms with Gasteiger partial charge in [0.15, 0.2) is 0 Å². The van der Waals surface area contributed by atoms with E-state index in [2.05, 4.69) is 18.2 Å². The van der Waals surface area contributed by atoms with Crippen LogP contribution in [0, 0.1) is 11.8 Å². The summed E-state index contributed by atoms with van der Waals surface area (Å²) in [5.41, 5.74) is 5.00. The highest BCUT2D eigenvalue weighted by atomic mass is 14.4. The molecule has 1 aromatic rings. The zero-order valence-corrected chi connectivity index (χ0v) is 12.7. The third-order valence-electron chi connectivity index (χ3n) is 6.38. The Balaban J connectivity index is 1.52. The summed E-state index contributed by atoms with van der Waals surface area (Å²) in [4.78, 5) is 0. The van der Waals surface area contributed by atoms with Crippen molar-refractivity contribution in [1.82, 2.24) is 0 Å². The lowest BCUT2D eigenvalue weighted by atomic mass is 9.66. The molecule has 0 nitrogen and oxygen atoms in total. The smallest absolute Gasteiger partial charge is 0.0159 e. The monoisotopic (exact) mass is 268 g/mol. The van der Waals surface area contributed by atoms with Crippen molar-refractivity contribution in [3.05, 3.63) is 34.9 Å². The number of aryl methyl sites for hydroxylation is 2. The highest BCUT2D eigenvalue weighted by Crippen LogP contribution is 2.46. The first-order valence-corrected chi connectivity index (χ1v) is 9.02. The number of benzene rings is 1. The third-order valence-corrected chi connectivity index (χ3v) is 6.38. The third kappa shape index (κ3) is 2.43. The normalized spacial score (nSPS) is 33.3. The van der Waals surface area contributed by atoms with Gasteiger partial charge in [0.25, 0.3) is 0 Å². The second-order valence-corrected chi connectivity index (χ2v) is 7.55. The van der Waals surface area contributed by atoms with Crippen LogP contribution in [0.2, 0.25) is 0 Å². The Hall–Kier alpha value is -0.780. The number of hydrogen-bond donors (Lipinski definition) is 0.